The van der Waals surface area contributed by atoms with Crippen molar-refractivity contribution in [2.75, 3.05) is 18.5 Å². The highest BCUT2D eigenvalue weighted by molar-refractivity contribution is 7.17. The largest absolute Gasteiger partial charge is 0.491 e. The Bertz CT molecular complexity index is 1110. The topological polar surface area (TPSA) is 103 Å². The van der Waals surface area contributed by atoms with Crippen molar-refractivity contribution in [3.63, 3.8) is 0 Å². The summed E-state index contributed by atoms with van der Waals surface area (Å²) in [6.45, 7) is 1.00. The molecule has 0 aliphatic rings. The number of rotatable bonds is 6. The molecule has 3 aromatic heterocycles. The van der Waals surface area contributed by atoms with Crippen LogP contribution in [0.15, 0.2) is 48.4 Å². The van der Waals surface area contributed by atoms with Crippen molar-refractivity contribution in [1.82, 2.24) is 15.0 Å². The Balaban J connectivity index is 1.68. The number of carbonyl (C=O) groups excluding carboxylic acids is 1. The summed E-state index contributed by atoms with van der Waals surface area (Å²) in [5, 5.41) is 5.64. The number of hydrogen-bond donors (Lipinski definition) is 2. The first-order valence-corrected chi connectivity index (χ1v) is 9.34. The number of ether oxygens (including phenoxy) is 1. The molecule has 0 bridgehead atoms. The smallest absolute Gasteiger partial charge is 0.258 e. The van der Waals surface area contributed by atoms with E-state index < -0.39 is 0 Å². The maximum atomic E-state index is 12.9. The summed E-state index contributed by atoms with van der Waals surface area (Å²) in [4.78, 5) is 25.4. The molecular formula is C19H17N5O2S. The van der Waals surface area contributed by atoms with E-state index in [0.717, 1.165) is 22.0 Å². The lowest BCUT2D eigenvalue weighted by Crippen LogP contribution is -2.14. The van der Waals surface area contributed by atoms with Gasteiger partial charge in [-0.1, -0.05) is 6.07 Å². The first-order chi connectivity index (χ1) is 13.3. The molecule has 0 spiro atoms. The molecule has 1 amide bonds. The first-order valence-electron chi connectivity index (χ1n) is 8.46. The number of nitrogens with two attached hydrogens (primary N) is 1. The summed E-state index contributed by atoms with van der Waals surface area (Å²) in [7, 11) is 0. The molecule has 8 heteroatoms. The van der Waals surface area contributed by atoms with E-state index in [2.05, 4.69) is 20.3 Å². The second-order valence-electron chi connectivity index (χ2n) is 5.87. The second kappa shape index (κ2) is 7.65. The third-order valence-corrected chi connectivity index (χ3v) is 4.95. The van der Waals surface area contributed by atoms with Gasteiger partial charge in [0, 0.05) is 29.2 Å². The summed E-state index contributed by atoms with van der Waals surface area (Å²) in [6, 6.07) is 7.48. The summed E-state index contributed by atoms with van der Waals surface area (Å²) in [5.41, 5.74) is 8.08. The Morgan fingerprint density at radius 3 is 3.11 bits per heavy atom. The molecule has 0 unspecified atom stereocenters. The van der Waals surface area contributed by atoms with Gasteiger partial charge in [0.15, 0.2) is 0 Å². The zero-order valence-electron chi connectivity index (χ0n) is 14.4. The number of pyridine rings is 1. The monoisotopic (exact) mass is 379 g/mol. The second-order valence-corrected chi connectivity index (χ2v) is 6.79. The number of thiophene rings is 1. The minimum atomic E-state index is -0.244. The van der Waals surface area contributed by atoms with E-state index in [1.165, 1.54) is 17.7 Å². The van der Waals surface area contributed by atoms with Crippen LogP contribution in [0.3, 0.4) is 0 Å². The van der Waals surface area contributed by atoms with Crippen LogP contribution in [0.25, 0.3) is 21.1 Å². The fourth-order valence-electron chi connectivity index (χ4n) is 2.72. The molecule has 7 nitrogen and oxygen atoms in total. The zero-order valence-corrected chi connectivity index (χ0v) is 15.2. The van der Waals surface area contributed by atoms with Gasteiger partial charge in [-0.3, -0.25) is 9.78 Å². The maximum Gasteiger partial charge on any atom is 0.258 e. The van der Waals surface area contributed by atoms with Crippen molar-refractivity contribution < 1.29 is 9.53 Å². The molecule has 4 rings (SSSR count). The van der Waals surface area contributed by atoms with Gasteiger partial charge >= 0.3 is 0 Å². The molecule has 27 heavy (non-hydrogen) atoms. The van der Waals surface area contributed by atoms with Crippen molar-refractivity contribution in [3.05, 3.63) is 53.9 Å². The molecular weight excluding hydrogens is 362 g/mol. The lowest BCUT2D eigenvalue weighted by Gasteiger charge is -2.13. The van der Waals surface area contributed by atoms with Crippen molar-refractivity contribution in [3.8, 4) is 5.75 Å². The Morgan fingerprint density at radius 2 is 2.22 bits per heavy atom. The van der Waals surface area contributed by atoms with E-state index in [4.69, 9.17) is 10.5 Å². The van der Waals surface area contributed by atoms with Crippen LogP contribution in [0.4, 0.5) is 5.69 Å². The van der Waals surface area contributed by atoms with Gasteiger partial charge in [-0.2, -0.15) is 0 Å². The number of hydrogen-bond acceptors (Lipinski definition) is 7. The molecule has 3 heterocycles. The predicted molar refractivity (Wildman–Crippen MR) is 106 cm³/mol. The minimum absolute atomic E-state index is 0.244. The normalized spacial score (nSPS) is 11.0. The number of carbonyl (C=O) groups is 1. The molecule has 4 aromatic rings. The molecule has 0 radical (unpaired) electrons. The molecule has 0 atom stereocenters. The van der Waals surface area contributed by atoms with Gasteiger partial charge in [-0.25, -0.2) is 9.97 Å². The van der Waals surface area contributed by atoms with Gasteiger partial charge in [0.25, 0.3) is 5.91 Å². The van der Waals surface area contributed by atoms with Crippen LogP contribution < -0.4 is 15.8 Å². The van der Waals surface area contributed by atoms with Gasteiger partial charge in [0.1, 0.15) is 12.1 Å². The summed E-state index contributed by atoms with van der Waals surface area (Å²) in [6.07, 6.45) is 5.59. The number of benzene rings is 1. The molecule has 3 N–H and O–H groups in total. The molecule has 1 aromatic carbocycles. The molecule has 0 aliphatic heterocycles. The number of fused-ring (bicyclic) bond motifs is 2. The third-order valence-electron chi connectivity index (χ3n) is 4.04. The summed E-state index contributed by atoms with van der Waals surface area (Å²) >= 11 is 1.44. The highest BCUT2D eigenvalue weighted by Gasteiger charge is 2.16. The van der Waals surface area contributed by atoms with E-state index in [1.54, 1.807) is 17.8 Å². The van der Waals surface area contributed by atoms with Crippen molar-refractivity contribution in [2.24, 2.45) is 5.73 Å². The van der Waals surface area contributed by atoms with Crippen molar-refractivity contribution in [2.45, 2.75) is 6.42 Å². The number of anilines is 1. The Labute approximate surface area is 159 Å². The Kier molecular flexibility index (Phi) is 4.91. The van der Waals surface area contributed by atoms with Crippen molar-refractivity contribution >= 4 is 44.1 Å². The molecule has 0 saturated carbocycles. The first kappa shape index (κ1) is 17.3. The number of nitrogens with one attached hydrogen (secondary N) is 1. The Morgan fingerprint density at radius 1 is 1.30 bits per heavy atom. The van der Waals surface area contributed by atoms with Gasteiger partial charge in [-0.05, 0) is 25.1 Å². The van der Waals surface area contributed by atoms with Crippen LogP contribution in [0.2, 0.25) is 0 Å². The quantitative estimate of drug-likeness (QED) is 0.499. The van der Waals surface area contributed by atoms with Crippen molar-refractivity contribution in [1.29, 1.82) is 0 Å². The lowest BCUT2D eigenvalue weighted by atomic mass is 10.1. The average molecular weight is 379 g/mol. The number of nitrogens with zero attached hydrogens (tertiary/aromatic N) is 3. The van der Waals surface area contributed by atoms with E-state index >= 15 is 0 Å². The van der Waals surface area contributed by atoms with Gasteiger partial charge < -0.3 is 15.8 Å². The molecule has 0 aliphatic carbocycles. The summed E-state index contributed by atoms with van der Waals surface area (Å²) in [5.74, 6) is 0.323. The standard InChI is InChI=1S/C19H17N5O2S/c20-4-2-6-26-16-8-14-12(3-1-5-22-14)7-15(16)24-19(25)13-10-27-17-9-21-11-23-18(13)17/h1,3,5,7-11H,2,4,6,20H2,(H,24,25). The SMILES string of the molecule is NCCCOc1cc2ncccc2cc1NC(=O)c1csc2cncnc12. The van der Waals surface area contributed by atoms with E-state index in [0.29, 0.717) is 35.7 Å². The highest BCUT2D eigenvalue weighted by Crippen LogP contribution is 2.31. The maximum absolute atomic E-state index is 12.9. The van der Waals surface area contributed by atoms with Crippen LogP contribution in [0, 0.1) is 0 Å². The van der Waals surface area contributed by atoms with Crippen LogP contribution >= 0.6 is 11.3 Å². The Hall–Kier alpha value is -3.10. The molecule has 136 valence electrons. The average Bonchev–Trinajstić information content (AvgIpc) is 3.13. The van der Waals surface area contributed by atoms with Crippen LogP contribution in [0.1, 0.15) is 16.8 Å². The van der Waals surface area contributed by atoms with Crippen LogP contribution in [0.5, 0.6) is 5.75 Å². The van der Waals surface area contributed by atoms with Gasteiger partial charge in [0.2, 0.25) is 0 Å². The number of aromatic nitrogens is 3. The van der Waals surface area contributed by atoms with Crippen LogP contribution in [-0.4, -0.2) is 34.0 Å². The van der Waals surface area contributed by atoms with E-state index in [9.17, 15) is 4.79 Å². The zero-order chi connectivity index (χ0) is 18.6. The minimum Gasteiger partial charge on any atom is -0.491 e. The molecule has 0 fully saturated rings. The predicted octanol–water partition coefficient (Wildman–Crippen LogP) is 3.22. The highest BCUT2D eigenvalue weighted by atomic mass is 32.1. The van der Waals surface area contributed by atoms with Crippen LogP contribution in [-0.2, 0) is 0 Å². The van der Waals surface area contributed by atoms with E-state index in [-0.39, 0.29) is 5.91 Å². The fraction of sp³-hybridized carbons (Fsp3) is 0.158. The fourth-order valence-corrected chi connectivity index (χ4v) is 3.58. The van der Waals surface area contributed by atoms with Gasteiger partial charge in [-0.15, -0.1) is 11.3 Å². The lowest BCUT2D eigenvalue weighted by molar-refractivity contribution is 0.102. The third kappa shape index (κ3) is 3.57. The molecule has 0 saturated heterocycles. The summed E-state index contributed by atoms with van der Waals surface area (Å²) < 4.78 is 6.70. The van der Waals surface area contributed by atoms with E-state index in [1.807, 2.05) is 24.3 Å². The number of amides is 1. The van der Waals surface area contributed by atoms with Gasteiger partial charge in [0.05, 0.1) is 33.6 Å².